The van der Waals surface area contributed by atoms with Crippen LogP contribution in [0.1, 0.15) is 40.3 Å². The molecule has 0 unspecified atom stereocenters. The molecule has 1 amide bonds. The molecule has 1 rings (SSSR count). The Kier molecular flexibility index (Phi) is 5.30. The maximum Gasteiger partial charge on any atom is 0.232 e. The van der Waals surface area contributed by atoms with Crippen molar-refractivity contribution in [3.05, 3.63) is 11.8 Å². The second-order valence-corrected chi connectivity index (χ2v) is 6.13. The van der Waals surface area contributed by atoms with Crippen molar-refractivity contribution in [1.82, 2.24) is 5.16 Å². The number of nitrogens with zero attached hydrogens (tertiary/aromatic N) is 1. The van der Waals surface area contributed by atoms with Gasteiger partial charge in [-0.05, 0) is 13.8 Å². The monoisotopic (exact) mass is 284 g/mol. The fourth-order valence-electron chi connectivity index (χ4n) is 1.37. The molecule has 1 aromatic rings. The van der Waals surface area contributed by atoms with Crippen molar-refractivity contribution in [3.63, 3.8) is 0 Å². The average Bonchev–Trinajstić information content (AvgIpc) is 2.77. The van der Waals surface area contributed by atoms with E-state index in [2.05, 4.69) is 10.5 Å². The largest absolute Gasteiger partial charge is 0.382 e. The van der Waals surface area contributed by atoms with E-state index in [9.17, 15) is 4.79 Å². The van der Waals surface area contributed by atoms with E-state index in [1.54, 1.807) is 13.2 Å². The molecule has 0 radical (unpaired) electrons. The van der Waals surface area contributed by atoms with Gasteiger partial charge in [-0.2, -0.15) is 0 Å². The third kappa shape index (κ3) is 4.61. The third-order valence-corrected chi connectivity index (χ3v) is 2.80. The van der Waals surface area contributed by atoms with Crippen molar-refractivity contribution >= 4 is 11.8 Å². The fourth-order valence-corrected chi connectivity index (χ4v) is 1.37. The Bertz CT molecular complexity index is 446. The molecule has 1 heterocycles. The molecule has 0 saturated carbocycles. The van der Waals surface area contributed by atoms with E-state index in [-0.39, 0.29) is 5.91 Å². The van der Waals surface area contributed by atoms with Crippen LogP contribution in [0.2, 0.25) is 0 Å². The first kappa shape index (κ1) is 16.7. The molecule has 0 bridgehead atoms. The molecule has 1 N–H and O–H groups in total. The summed E-state index contributed by atoms with van der Waals surface area (Å²) in [6.07, 6.45) is 0. The number of carbonyl (C=O) groups excluding carboxylic acids is 1. The number of ether oxygens (including phenoxy) is 2. The Hall–Kier alpha value is -1.40. The highest BCUT2D eigenvalue weighted by Crippen LogP contribution is 2.26. The lowest BCUT2D eigenvalue weighted by molar-refractivity contribution is -0.123. The van der Waals surface area contributed by atoms with E-state index in [4.69, 9.17) is 14.0 Å². The highest BCUT2D eigenvalue weighted by Gasteiger charge is 2.27. The Morgan fingerprint density at radius 2 is 1.95 bits per heavy atom. The van der Waals surface area contributed by atoms with Gasteiger partial charge in [0.1, 0.15) is 11.3 Å². The summed E-state index contributed by atoms with van der Waals surface area (Å²) in [4.78, 5) is 11.9. The number of anilines is 1. The van der Waals surface area contributed by atoms with E-state index in [1.165, 1.54) is 0 Å². The van der Waals surface area contributed by atoms with E-state index in [0.29, 0.717) is 24.8 Å². The molecule has 1 aromatic heterocycles. The number of hydrogen-bond donors (Lipinski definition) is 1. The molecule has 6 nitrogen and oxygen atoms in total. The molecule has 0 aromatic carbocycles. The standard InChI is InChI=1S/C14H24N2O4/c1-13(2,3)12(17)15-11-9-10(16-20-11)14(4,5)19-8-7-18-6/h9H,7-8H2,1-6H3,(H,15,17). The van der Waals surface area contributed by atoms with Crippen LogP contribution < -0.4 is 5.32 Å². The first-order valence-corrected chi connectivity index (χ1v) is 6.58. The number of nitrogens with one attached hydrogen (secondary N) is 1. The first-order chi connectivity index (χ1) is 9.16. The number of methoxy groups -OCH3 is 1. The maximum atomic E-state index is 11.9. The Morgan fingerprint density at radius 3 is 2.50 bits per heavy atom. The number of aromatic nitrogens is 1. The number of rotatable bonds is 6. The summed E-state index contributed by atoms with van der Waals surface area (Å²) in [5.41, 5.74) is -0.470. The van der Waals surface area contributed by atoms with Gasteiger partial charge in [-0.15, -0.1) is 0 Å². The molecule has 114 valence electrons. The average molecular weight is 284 g/mol. The minimum atomic E-state index is -0.604. The van der Waals surface area contributed by atoms with Crippen LogP contribution in [0.5, 0.6) is 0 Å². The second kappa shape index (κ2) is 6.37. The lowest BCUT2D eigenvalue weighted by atomic mass is 9.96. The highest BCUT2D eigenvalue weighted by atomic mass is 16.5. The predicted molar refractivity (Wildman–Crippen MR) is 75.4 cm³/mol. The smallest absolute Gasteiger partial charge is 0.232 e. The van der Waals surface area contributed by atoms with Gasteiger partial charge >= 0.3 is 0 Å². The topological polar surface area (TPSA) is 73.6 Å². The van der Waals surface area contributed by atoms with Crippen LogP contribution in [-0.4, -0.2) is 31.4 Å². The number of amides is 1. The Morgan fingerprint density at radius 1 is 1.30 bits per heavy atom. The summed E-state index contributed by atoms with van der Waals surface area (Å²) in [6.45, 7) is 10.2. The molecule has 0 spiro atoms. The highest BCUT2D eigenvalue weighted by molar-refractivity contribution is 5.93. The molecule has 0 fully saturated rings. The van der Waals surface area contributed by atoms with Crippen LogP contribution in [0.15, 0.2) is 10.6 Å². The minimum absolute atomic E-state index is 0.127. The summed E-state index contributed by atoms with van der Waals surface area (Å²) in [7, 11) is 1.62. The zero-order valence-electron chi connectivity index (χ0n) is 13.1. The summed E-state index contributed by atoms with van der Waals surface area (Å²) in [5, 5.41) is 6.64. The molecule has 6 heteroatoms. The maximum absolute atomic E-state index is 11.9. The van der Waals surface area contributed by atoms with Crippen molar-refractivity contribution in [1.29, 1.82) is 0 Å². The first-order valence-electron chi connectivity index (χ1n) is 6.58. The van der Waals surface area contributed by atoms with Gasteiger partial charge in [-0.25, -0.2) is 0 Å². The Balaban J connectivity index is 2.69. The van der Waals surface area contributed by atoms with Crippen LogP contribution in [0.3, 0.4) is 0 Å². The van der Waals surface area contributed by atoms with Gasteiger partial charge in [0.25, 0.3) is 0 Å². The predicted octanol–water partition coefficient (Wildman–Crippen LogP) is 2.56. The minimum Gasteiger partial charge on any atom is -0.382 e. The lowest BCUT2D eigenvalue weighted by Gasteiger charge is -2.22. The van der Waals surface area contributed by atoms with E-state index < -0.39 is 11.0 Å². The zero-order valence-corrected chi connectivity index (χ0v) is 13.1. The zero-order chi connectivity index (χ0) is 15.4. The van der Waals surface area contributed by atoms with Crippen molar-refractivity contribution in [2.24, 2.45) is 5.41 Å². The van der Waals surface area contributed by atoms with Gasteiger partial charge in [0, 0.05) is 18.6 Å². The van der Waals surface area contributed by atoms with Crippen LogP contribution in [0.4, 0.5) is 5.88 Å². The third-order valence-electron chi connectivity index (χ3n) is 2.80. The van der Waals surface area contributed by atoms with Crippen molar-refractivity contribution in [3.8, 4) is 0 Å². The molecular weight excluding hydrogens is 260 g/mol. The van der Waals surface area contributed by atoms with Crippen LogP contribution in [0, 0.1) is 5.41 Å². The molecular formula is C14H24N2O4. The normalized spacial score (nSPS) is 12.5. The van der Waals surface area contributed by atoms with Gasteiger partial charge in [0.2, 0.25) is 11.8 Å². The van der Waals surface area contributed by atoms with Crippen molar-refractivity contribution < 1.29 is 18.8 Å². The molecule has 0 saturated heterocycles. The van der Waals surface area contributed by atoms with Gasteiger partial charge in [-0.1, -0.05) is 25.9 Å². The van der Waals surface area contributed by atoms with Gasteiger partial charge in [-0.3, -0.25) is 10.1 Å². The molecule has 0 atom stereocenters. The summed E-state index contributed by atoms with van der Waals surface area (Å²) >= 11 is 0. The summed E-state index contributed by atoms with van der Waals surface area (Å²) in [5.74, 6) is 0.196. The SMILES string of the molecule is COCCOC(C)(C)c1cc(NC(=O)C(C)(C)C)on1. The van der Waals surface area contributed by atoms with Crippen LogP contribution in [0.25, 0.3) is 0 Å². The van der Waals surface area contributed by atoms with Crippen LogP contribution in [-0.2, 0) is 19.9 Å². The second-order valence-electron chi connectivity index (χ2n) is 6.13. The number of hydrogen-bond acceptors (Lipinski definition) is 5. The molecule has 0 aliphatic rings. The van der Waals surface area contributed by atoms with Gasteiger partial charge in [0.05, 0.1) is 13.2 Å². The van der Waals surface area contributed by atoms with Crippen LogP contribution >= 0.6 is 0 Å². The van der Waals surface area contributed by atoms with Crippen molar-refractivity contribution in [2.45, 2.75) is 40.2 Å². The molecule has 0 aliphatic carbocycles. The quantitative estimate of drug-likeness (QED) is 0.813. The van der Waals surface area contributed by atoms with Gasteiger partial charge < -0.3 is 14.0 Å². The number of carbonyl (C=O) groups is 1. The van der Waals surface area contributed by atoms with E-state index in [1.807, 2.05) is 34.6 Å². The van der Waals surface area contributed by atoms with E-state index >= 15 is 0 Å². The van der Waals surface area contributed by atoms with Crippen molar-refractivity contribution in [2.75, 3.05) is 25.6 Å². The lowest BCUT2D eigenvalue weighted by Crippen LogP contribution is -2.27. The van der Waals surface area contributed by atoms with Gasteiger partial charge in [0.15, 0.2) is 0 Å². The molecule has 20 heavy (non-hydrogen) atoms. The summed E-state index contributed by atoms with van der Waals surface area (Å²) < 4.78 is 15.8. The fraction of sp³-hybridized carbons (Fsp3) is 0.714. The Labute approximate surface area is 119 Å². The summed E-state index contributed by atoms with van der Waals surface area (Å²) in [6, 6.07) is 1.68. The molecule has 0 aliphatic heterocycles. The van der Waals surface area contributed by atoms with E-state index in [0.717, 1.165) is 0 Å².